The molecule has 1 aliphatic carbocycles. The van der Waals surface area contributed by atoms with E-state index >= 15 is 0 Å². The van der Waals surface area contributed by atoms with Gasteiger partial charge in [0.15, 0.2) is 0 Å². The third-order valence-corrected chi connectivity index (χ3v) is 4.80. The number of hydrogen-bond donors (Lipinski definition) is 1. The van der Waals surface area contributed by atoms with Gasteiger partial charge < -0.3 is 5.11 Å². The summed E-state index contributed by atoms with van der Waals surface area (Å²) in [6.07, 6.45) is 3.89. The van der Waals surface area contributed by atoms with Gasteiger partial charge in [0, 0.05) is 10.1 Å². The van der Waals surface area contributed by atoms with Crippen LogP contribution in [0, 0.1) is 11.8 Å². The molecule has 0 amide bonds. The van der Waals surface area contributed by atoms with Gasteiger partial charge in [-0.3, -0.25) is 0 Å². The highest BCUT2D eigenvalue weighted by atomic mass is 32.2. The second kappa shape index (κ2) is 5.79. The standard InChI is InChI=1S/C15H20O2S/c1-10-7-11(2)9-14(8-10)18-13-5-3-12(4-6-13)15(16)17/h3-6,10-11,14H,7-9H2,1-2H3,(H,16,17). The van der Waals surface area contributed by atoms with E-state index in [-0.39, 0.29) is 0 Å². The number of hydrogen-bond acceptors (Lipinski definition) is 2. The van der Waals surface area contributed by atoms with Crippen LogP contribution in [-0.4, -0.2) is 16.3 Å². The number of rotatable bonds is 3. The van der Waals surface area contributed by atoms with Crippen LogP contribution in [0.5, 0.6) is 0 Å². The first-order valence-corrected chi connectivity index (χ1v) is 7.42. The molecule has 2 unspecified atom stereocenters. The lowest BCUT2D eigenvalue weighted by molar-refractivity contribution is 0.0697. The molecule has 0 heterocycles. The Kier molecular flexibility index (Phi) is 4.33. The molecule has 3 heteroatoms. The Bertz CT molecular complexity index is 403. The van der Waals surface area contributed by atoms with Crippen molar-refractivity contribution in [2.45, 2.75) is 43.3 Å². The summed E-state index contributed by atoms with van der Waals surface area (Å²) in [4.78, 5) is 12.0. The van der Waals surface area contributed by atoms with Gasteiger partial charge in [-0.25, -0.2) is 4.79 Å². The number of carboxylic acids is 1. The van der Waals surface area contributed by atoms with Crippen LogP contribution < -0.4 is 0 Å². The Morgan fingerprint density at radius 2 is 1.67 bits per heavy atom. The summed E-state index contributed by atoms with van der Waals surface area (Å²) in [5.41, 5.74) is 0.365. The van der Waals surface area contributed by atoms with E-state index < -0.39 is 5.97 Å². The molecule has 2 atom stereocenters. The fourth-order valence-corrected chi connectivity index (χ4v) is 4.37. The summed E-state index contributed by atoms with van der Waals surface area (Å²) in [7, 11) is 0. The maximum absolute atomic E-state index is 10.8. The van der Waals surface area contributed by atoms with Gasteiger partial charge in [-0.05, 0) is 55.4 Å². The molecule has 1 N–H and O–H groups in total. The molecule has 0 saturated heterocycles. The molecule has 98 valence electrons. The third kappa shape index (κ3) is 3.52. The molecule has 0 bridgehead atoms. The van der Waals surface area contributed by atoms with Crippen LogP contribution in [0.4, 0.5) is 0 Å². The quantitative estimate of drug-likeness (QED) is 0.884. The Morgan fingerprint density at radius 3 is 2.17 bits per heavy atom. The van der Waals surface area contributed by atoms with Crippen molar-refractivity contribution in [3.63, 3.8) is 0 Å². The summed E-state index contributed by atoms with van der Waals surface area (Å²) in [6.45, 7) is 4.66. The van der Waals surface area contributed by atoms with Gasteiger partial charge in [0.1, 0.15) is 0 Å². The molecule has 2 rings (SSSR count). The van der Waals surface area contributed by atoms with Crippen molar-refractivity contribution >= 4 is 17.7 Å². The normalized spacial score (nSPS) is 28.0. The van der Waals surface area contributed by atoms with E-state index in [2.05, 4.69) is 13.8 Å². The van der Waals surface area contributed by atoms with E-state index in [1.807, 2.05) is 23.9 Å². The first-order chi connectivity index (χ1) is 8.54. The molecule has 1 aliphatic rings. The maximum Gasteiger partial charge on any atom is 0.335 e. The average Bonchev–Trinajstić information content (AvgIpc) is 2.28. The molecular weight excluding hydrogens is 244 g/mol. The van der Waals surface area contributed by atoms with Crippen molar-refractivity contribution in [2.24, 2.45) is 11.8 Å². The molecule has 0 spiro atoms. The summed E-state index contributed by atoms with van der Waals surface area (Å²) >= 11 is 1.90. The lowest BCUT2D eigenvalue weighted by Gasteiger charge is -2.31. The second-order valence-corrected chi connectivity index (χ2v) is 6.86. The molecule has 0 aromatic heterocycles. The molecule has 1 saturated carbocycles. The predicted molar refractivity (Wildman–Crippen MR) is 75.2 cm³/mol. The van der Waals surface area contributed by atoms with Crippen molar-refractivity contribution in [1.82, 2.24) is 0 Å². The lowest BCUT2D eigenvalue weighted by Crippen LogP contribution is -2.21. The second-order valence-electron chi connectivity index (χ2n) is 5.49. The van der Waals surface area contributed by atoms with Gasteiger partial charge in [0.2, 0.25) is 0 Å². The minimum absolute atomic E-state index is 0.365. The number of aromatic carboxylic acids is 1. The summed E-state index contributed by atoms with van der Waals surface area (Å²) in [5.74, 6) is 0.764. The number of carbonyl (C=O) groups is 1. The summed E-state index contributed by atoms with van der Waals surface area (Å²) in [5, 5.41) is 9.54. The van der Waals surface area contributed by atoms with E-state index in [1.165, 1.54) is 24.2 Å². The smallest absolute Gasteiger partial charge is 0.335 e. The van der Waals surface area contributed by atoms with Gasteiger partial charge in [-0.15, -0.1) is 11.8 Å². The van der Waals surface area contributed by atoms with E-state index in [4.69, 9.17) is 5.11 Å². The van der Waals surface area contributed by atoms with Crippen LogP contribution in [0.25, 0.3) is 0 Å². The van der Waals surface area contributed by atoms with Crippen LogP contribution in [0.3, 0.4) is 0 Å². The van der Waals surface area contributed by atoms with E-state index in [0.717, 1.165) is 11.8 Å². The van der Waals surface area contributed by atoms with Crippen molar-refractivity contribution in [3.8, 4) is 0 Å². The Hall–Kier alpha value is -0.960. The van der Waals surface area contributed by atoms with Gasteiger partial charge in [-0.1, -0.05) is 13.8 Å². The highest BCUT2D eigenvalue weighted by Gasteiger charge is 2.24. The highest BCUT2D eigenvalue weighted by Crippen LogP contribution is 2.38. The predicted octanol–water partition coefficient (Wildman–Crippen LogP) is 4.30. The SMILES string of the molecule is CC1CC(C)CC(Sc2ccc(C(=O)O)cc2)C1. The third-order valence-electron chi connectivity index (χ3n) is 3.54. The minimum Gasteiger partial charge on any atom is -0.478 e. The zero-order chi connectivity index (χ0) is 13.1. The van der Waals surface area contributed by atoms with Crippen LogP contribution in [-0.2, 0) is 0 Å². The number of carboxylic acid groups (broad SMARTS) is 1. The monoisotopic (exact) mass is 264 g/mol. The van der Waals surface area contributed by atoms with E-state index in [1.54, 1.807) is 12.1 Å². The van der Waals surface area contributed by atoms with Crippen molar-refractivity contribution in [3.05, 3.63) is 29.8 Å². The van der Waals surface area contributed by atoms with Crippen LogP contribution >= 0.6 is 11.8 Å². The minimum atomic E-state index is -0.855. The molecule has 2 nitrogen and oxygen atoms in total. The fraction of sp³-hybridized carbons (Fsp3) is 0.533. The van der Waals surface area contributed by atoms with Crippen LogP contribution in [0.2, 0.25) is 0 Å². The molecule has 0 radical (unpaired) electrons. The number of benzene rings is 1. The molecule has 1 aromatic carbocycles. The van der Waals surface area contributed by atoms with Crippen molar-refractivity contribution in [1.29, 1.82) is 0 Å². The zero-order valence-corrected chi connectivity index (χ0v) is 11.7. The van der Waals surface area contributed by atoms with Gasteiger partial charge in [0.25, 0.3) is 0 Å². The first-order valence-electron chi connectivity index (χ1n) is 6.54. The number of thioether (sulfide) groups is 1. The average molecular weight is 264 g/mol. The van der Waals surface area contributed by atoms with Crippen molar-refractivity contribution < 1.29 is 9.90 Å². The maximum atomic E-state index is 10.8. The summed E-state index contributed by atoms with van der Waals surface area (Å²) in [6, 6.07) is 7.25. The van der Waals surface area contributed by atoms with Crippen LogP contribution in [0.1, 0.15) is 43.5 Å². The summed E-state index contributed by atoms with van der Waals surface area (Å²) < 4.78 is 0. The van der Waals surface area contributed by atoms with E-state index in [9.17, 15) is 4.79 Å². The Morgan fingerprint density at radius 1 is 1.11 bits per heavy atom. The Balaban J connectivity index is 1.98. The van der Waals surface area contributed by atoms with Crippen LogP contribution in [0.15, 0.2) is 29.2 Å². The first kappa shape index (κ1) is 13.5. The fourth-order valence-electron chi connectivity index (χ4n) is 2.84. The van der Waals surface area contributed by atoms with E-state index in [0.29, 0.717) is 10.8 Å². The Labute approximate surface area is 113 Å². The van der Waals surface area contributed by atoms with Gasteiger partial charge >= 0.3 is 5.97 Å². The molecule has 1 aromatic rings. The molecule has 1 fully saturated rings. The lowest BCUT2D eigenvalue weighted by atomic mass is 9.83. The van der Waals surface area contributed by atoms with Gasteiger partial charge in [-0.2, -0.15) is 0 Å². The van der Waals surface area contributed by atoms with Gasteiger partial charge in [0.05, 0.1) is 5.56 Å². The zero-order valence-electron chi connectivity index (χ0n) is 10.9. The largest absolute Gasteiger partial charge is 0.478 e. The molecule has 0 aliphatic heterocycles. The van der Waals surface area contributed by atoms with Crippen molar-refractivity contribution in [2.75, 3.05) is 0 Å². The molecular formula is C15H20O2S. The topological polar surface area (TPSA) is 37.3 Å². The molecule has 18 heavy (non-hydrogen) atoms. The highest BCUT2D eigenvalue weighted by molar-refractivity contribution is 8.00.